The maximum absolute atomic E-state index is 12.3. The molecule has 21 heavy (non-hydrogen) atoms. The molecule has 1 atom stereocenters. The summed E-state index contributed by atoms with van der Waals surface area (Å²) in [6.07, 6.45) is 1.59. The van der Waals surface area contributed by atoms with Crippen LogP contribution < -0.4 is 10.1 Å². The monoisotopic (exact) mass is 290 g/mol. The third kappa shape index (κ3) is 2.69. The molecule has 7 heteroatoms. The van der Waals surface area contributed by atoms with E-state index < -0.39 is 6.10 Å². The lowest BCUT2D eigenvalue weighted by atomic mass is 10.2. The molecule has 2 N–H and O–H groups in total. The van der Waals surface area contributed by atoms with Crippen LogP contribution in [0.15, 0.2) is 12.1 Å². The Kier molecular flexibility index (Phi) is 3.50. The summed E-state index contributed by atoms with van der Waals surface area (Å²) in [7, 11) is 1.52. The predicted octanol–water partition coefficient (Wildman–Crippen LogP) is 0.547. The van der Waals surface area contributed by atoms with Gasteiger partial charge in [0.15, 0.2) is 11.3 Å². The first-order chi connectivity index (χ1) is 10.1. The number of imidazole rings is 1. The number of aliphatic hydroxyl groups is 1. The molecule has 0 radical (unpaired) electrons. The number of rotatable bonds is 5. The zero-order valence-corrected chi connectivity index (χ0v) is 12.0. The summed E-state index contributed by atoms with van der Waals surface area (Å²) in [4.78, 5) is 16.6. The summed E-state index contributed by atoms with van der Waals surface area (Å²) in [5.74, 6) is 0.444. The Labute approximate surface area is 121 Å². The lowest BCUT2D eigenvalue weighted by molar-refractivity contribution is 0.0893. The minimum absolute atomic E-state index is 0.250. The number of ether oxygens (including phenoxy) is 1. The van der Waals surface area contributed by atoms with Gasteiger partial charge in [-0.25, -0.2) is 9.50 Å². The van der Waals surface area contributed by atoms with E-state index in [1.54, 1.807) is 19.1 Å². The first-order valence-electron chi connectivity index (χ1n) is 6.97. The van der Waals surface area contributed by atoms with Crippen LogP contribution in [0.5, 0.6) is 5.88 Å². The Balaban J connectivity index is 1.83. The van der Waals surface area contributed by atoms with E-state index in [1.807, 2.05) is 0 Å². The van der Waals surface area contributed by atoms with Crippen molar-refractivity contribution >= 4 is 11.6 Å². The van der Waals surface area contributed by atoms with Crippen molar-refractivity contribution in [2.24, 2.45) is 5.92 Å². The van der Waals surface area contributed by atoms with Gasteiger partial charge >= 0.3 is 0 Å². The van der Waals surface area contributed by atoms with E-state index in [9.17, 15) is 9.90 Å². The summed E-state index contributed by atoms with van der Waals surface area (Å²) in [6, 6.07) is 3.44. The number of aromatic nitrogens is 3. The Morgan fingerprint density at radius 3 is 3.00 bits per heavy atom. The second-order valence-corrected chi connectivity index (χ2v) is 5.31. The number of amides is 1. The molecule has 0 saturated heterocycles. The van der Waals surface area contributed by atoms with Gasteiger partial charge in [-0.05, 0) is 31.7 Å². The highest BCUT2D eigenvalue weighted by atomic mass is 16.5. The van der Waals surface area contributed by atoms with Gasteiger partial charge < -0.3 is 15.2 Å². The molecule has 1 fully saturated rings. The van der Waals surface area contributed by atoms with Gasteiger partial charge in [0.2, 0.25) is 5.88 Å². The molecular weight excluding hydrogens is 272 g/mol. The number of nitrogens with one attached hydrogen (secondary N) is 1. The van der Waals surface area contributed by atoms with E-state index in [4.69, 9.17) is 4.74 Å². The number of aliphatic hydroxyl groups excluding tert-OH is 1. The smallest absolute Gasteiger partial charge is 0.272 e. The van der Waals surface area contributed by atoms with Gasteiger partial charge in [0.1, 0.15) is 0 Å². The number of aryl methyl sites for hydroxylation is 1. The van der Waals surface area contributed by atoms with Crippen molar-refractivity contribution in [1.82, 2.24) is 19.9 Å². The molecule has 1 amide bonds. The largest absolute Gasteiger partial charge is 0.480 e. The van der Waals surface area contributed by atoms with Crippen LogP contribution in [0.4, 0.5) is 0 Å². The fourth-order valence-electron chi connectivity index (χ4n) is 2.32. The molecule has 0 aromatic carbocycles. The minimum atomic E-state index is -0.476. The van der Waals surface area contributed by atoms with Crippen molar-refractivity contribution in [2.45, 2.75) is 25.9 Å². The van der Waals surface area contributed by atoms with Crippen LogP contribution in [0.1, 0.15) is 29.0 Å². The molecule has 112 valence electrons. The Morgan fingerprint density at radius 1 is 1.57 bits per heavy atom. The van der Waals surface area contributed by atoms with E-state index in [-0.39, 0.29) is 12.5 Å². The normalized spacial score (nSPS) is 16.0. The summed E-state index contributed by atoms with van der Waals surface area (Å²) in [6.45, 7) is 2.01. The number of carbonyl (C=O) groups excluding carboxylic acids is 1. The van der Waals surface area contributed by atoms with Gasteiger partial charge in [-0.15, -0.1) is 5.10 Å². The predicted molar refractivity (Wildman–Crippen MR) is 75.3 cm³/mol. The second kappa shape index (κ2) is 5.33. The number of hydrogen-bond donors (Lipinski definition) is 2. The highest BCUT2D eigenvalue weighted by Crippen LogP contribution is 2.32. The average Bonchev–Trinajstić information content (AvgIpc) is 3.26. The molecule has 3 rings (SSSR count). The SMILES string of the molecule is COc1ccc2nc(C)c(C(=O)NCC(O)C3CC3)n2n1. The number of carbonyl (C=O) groups is 1. The fourth-order valence-corrected chi connectivity index (χ4v) is 2.32. The van der Waals surface area contributed by atoms with E-state index >= 15 is 0 Å². The lowest BCUT2D eigenvalue weighted by Crippen LogP contribution is -2.34. The van der Waals surface area contributed by atoms with E-state index in [2.05, 4.69) is 15.4 Å². The molecular formula is C14H18N4O3. The topological polar surface area (TPSA) is 88.8 Å². The molecule has 1 saturated carbocycles. The zero-order chi connectivity index (χ0) is 15.0. The van der Waals surface area contributed by atoms with Crippen LogP contribution in [0.3, 0.4) is 0 Å². The molecule has 1 aliphatic carbocycles. The molecule has 2 heterocycles. The highest BCUT2D eigenvalue weighted by Gasteiger charge is 2.30. The van der Waals surface area contributed by atoms with Gasteiger partial charge in [0, 0.05) is 12.6 Å². The van der Waals surface area contributed by atoms with E-state index in [1.165, 1.54) is 11.6 Å². The maximum Gasteiger partial charge on any atom is 0.272 e. The van der Waals surface area contributed by atoms with Gasteiger partial charge in [-0.2, -0.15) is 0 Å². The van der Waals surface area contributed by atoms with Crippen molar-refractivity contribution < 1.29 is 14.6 Å². The number of hydrogen-bond acceptors (Lipinski definition) is 5. The molecule has 2 aromatic heterocycles. The molecule has 2 aromatic rings. The summed E-state index contributed by atoms with van der Waals surface area (Å²) >= 11 is 0. The van der Waals surface area contributed by atoms with Gasteiger partial charge in [0.05, 0.1) is 18.9 Å². The average molecular weight is 290 g/mol. The van der Waals surface area contributed by atoms with Gasteiger partial charge in [-0.1, -0.05) is 0 Å². The van der Waals surface area contributed by atoms with Crippen LogP contribution in [0.2, 0.25) is 0 Å². The highest BCUT2D eigenvalue weighted by molar-refractivity contribution is 5.94. The zero-order valence-electron chi connectivity index (χ0n) is 12.0. The van der Waals surface area contributed by atoms with Crippen molar-refractivity contribution in [1.29, 1.82) is 0 Å². The third-order valence-electron chi connectivity index (χ3n) is 3.69. The van der Waals surface area contributed by atoms with Crippen LogP contribution in [-0.2, 0) is 0 Å². The van der Waals surface area contributed by atoms with Gasteiger partial charge in [-0.3, -0.25) is 4.79 Å². The van der Waals surface area contributed by atoms with Crippen LogP contribution in [0, 0.1) is 12.8 Å². The Morgan fingerprint density at radius 2 is 2.33 bits per heavy atom. The molecule has 0 bridgehead atoms. The van der Waals surface area contributed by atoms with Crippen molar-refractivity contribution in [3.05, 3.63) is 23.5 Å². The van der Waals surface area contributed by atoms with E-state index in [0.29, 0.717) is 28.8 Å². The number of fused-ring (bicyclic) bond motifs is 1. The lowest BCUT2D eigenvalue weighted by Gasteiger charge is -2.10. The summed E-state index contributed by atoms with van der Waals surface area (Å²) in [5, 5.41) is 16.8. The quantitative estimate of drug-likeness (QED) is 0.839. The fraction of sp³-hybridized carbons (Fsp3) is 0.500. The maximum atomic E-state index is 12.3. The van der Waals surface area contributed by atoms with Crippen molar-refractivity contribution in [2.75, 3.05) is 13.7 Å². The Bertz CT molecular complexity index is 678. The standard InChI is InChI=1S/C14H18N4O3/c1-8-13(14(20)15-7-10(19)9-3-4-9)18-11(16-8)5-6-12(17-18)21-2/h5-6,9-10,19H,3-4,7H2,1-2H3,(H,15,20). The molecule has 0 aliphatic heterocycles. The summed E-state index contributed by atoms with van der Waals surface area (Å²) in [5.41, 5.74) is 1.54. The second-order valence-electron chi connectivity index (χ2n) is 5.31. The first-order valence-corrected chi connectivity index (χ1v) is 6.97. The molecule has 0 spiro atoms. The number of methoxy groups -OCH3 is 1. The van der Waals surface area contributed by atoms with Crippen LogP contribution in [-0.4, -0.2) is 45.4 Å². The van der Waals surface area contributed by atoms with Gasteiger partial charge in [0.25, 0.3) is 5.91 Å². The van der Waals surface area contributed by atoms with Crippen LogP contribution in [0.25, 0.3) is 5.65 Å². The summed E-state index contributed by atoms with van der Waals surface area (Å²) < 4.78 is 6.54. The Hall–Kier alpha value is -2.15. The van der Waals surface area contributed by atoms with Crippen LogP contribution >= 0.6 is 0 Å². The molecule has 7 nitrogen and oxygen atoms in total. The van der Waals surface area contributed by atoms with E-state index in [0.717, 1.165) is 12.8 Å². The number of nitrogens with zero attached hydrogens (tertiary/aromatic N) is 3. The molecule has 1 unspecified atom stereocenters. The minimum Gasteiger partial charge on any atom is -0.480 e. The first kappa shape index (κ1) is 13.8. The molecule has 1 aliphatic rings. The third-order valence-corrected chi connectivity index (χ3v) is 3.69. The van der Waals surface area contributed by atoms with Crippen molar-refractivity contribution in [3.63, 3.8) is 0 Å². The van der Waals surface area contributed by atoms with Crippen molar-refractivity contribution in [3.8, 4) is 5.88 Å².